The average Bonchev–Trinajstić information content (AvgIpc) is 2.64. The van der Waals surface area contributed by atoms with E-state index in [4.69, 9.17) is 16.6 Å². The van der Waals surface area contributed by atoms with Crippen molar-refractivity contribution in [3.63, 3.8) is 0 Å². The van der Waals surface area contributed by atoms with E-state index in [9.17, 15) is 19.2 Å². The first kappa shape index (κ1) is 25.8. The van der Waals surface area contributed by atoms with Gasteiger partial charge in [0.15, 0.2) is 0 Å². The minimum absolute atomic E-state index is 0.230. The van der Waals surface area contributed by atoms with Crippen LogP contribution in [-0.2, 0) is 19.2 Å². The SMILES string of the molecule is CCC(C)C(NC(=O)C(C)NC(=O)C(N)CCCCN)C(=O)NC(C)C(=O)O. The van der Waals surface area contributed by atoms with Crippen molar-refractivity contribution in [3.8, 4) is 0 Å². The van der Waals surface area contributed by atoms with Crippen LogP contribution < -0.4 is 27.4 Å². The molecule has 0 saturated heterocycles. The summed E-state index contributed by atoms with van der Waals surface area (Å²) >= 11 is 0. The normalized spacial score (nSPS) is 16.2. The lowest BCUT2D eigenvalue weighted by molar-refractivity contribution is -0.142. The molecule has 10 heteroatoms. The maximum Gasteiger partial charge on any atom is 0.325 e. The molecular formula is C18H35N5O5. The Kier molecular flexibility index (Phi) is 12.0. The third kappa shape index (κ3) is 9.14. The number of carboxylic acids is 1. The van der Waals surface area contributed by atoms with Crippen molar-refractivity contribution >= 4 is 23.7 Å². The quantitative estimate of drug-likeness (QED) is 0.216. The molecule has 3 amide bonds. The molecule has 5 atom stereocenters. The predicted molar refractivity (Wildman–Crippen MR) is 105 cm³/mol. The van der Waals surface area contributed by atoms with Gasteiger partial charge in [0.25, 0.3) is 0 Å². The number of unbranched alkanes of at least 4 members (excludes halogenated alkanes) is 1. The summed E-state index contributed by atoms with van der Waals surface area (Å²) in [7, 11) is 0. The molecule has 0 aromatic heterocycles. The van der Waals surface area contributed by atoms with E-state index < -0.39 is 47.9 Å². The fraction of sp³-hybridized carbons (Fsp3) is 0.778. The lowest BCUT2D eigenvalue weighted by Gasteiger charge is -2.26. The molecule has 0 aliphatic heterocycles. The first-order valence-corrected chi connectivity index (χ1v) is 9.64. The Balaban J connectivity index is 4.85. The summed E-state index contributed by atoms with van der Waals surface area (Å²) in [4.78, 5) is 47.9. The molecule has 0 spiro atoms. The van der Waals surface area contributed by atoms with Crippen LogP contribution in [0, 0.1) is 5.92 Å². The largest absolute Gasteiger partial charge is 0.480 e. The highest BCUT2D eigenvalue weighted by Crippen LogP contribution is 2.09. The molecule has 8 N–H and O–H groups in total. The van der Waals surface area contributed by atoms with Crippen molar-refractivity contribution in [2.24, 2.45) is 17.4 Å². The van der Waals surface area contributed by atoms with Gasteiger partial charge in [-0.2, -0.15) is 0 Å². The highest BCUT2D eigenvalue weighted by atomic mass is 16.4. The van der Waals surface area contributed by atoms with Crippen LogP contribution in [-0.4, -0.2) is 59.5 Å². The summed E-state index contributed by atoms with van der Waals surface area (Å²) in [5.41, 5.74) is 11.2. The fourth-order valence-corrected chi connectivity index (χ4v) is 2.37. The molecular weight excluding hydrogens is 366 g/mol. The zero-order chi connectivity index (χ0) is 21.9. The Morgan fingerprint density at radius 1 is 0.893 bits per heavy atom. The lowest BCUT2D eigenvalue weighted by atomic mass is 9.97. The third-order valence-corrected chi connectivity index (χ3v) is 4.58. The van der Waals surface area contributed by atoms with Crippen molar-refractivity contribution in [1.29, 1.82) is 0 Å². The van der Waals surface area contributed by atoms with Crippen LogP contribution >= 0.6 is 0 Å². The zero-order valence-corrected chi connectivity index (χ0v) is 17.2. The van der Waals surface area contributed by atoms with Crippen molar-refractivity contribution < 1.29 is 24.3 Å². The summed E-state index contributed by atoms with van der Waals surface area (Å²) in [6, 6.07) is -3.65. The Hall–Kier alpha value is -2.20. The van der Waals surface area contributed by atoms with E-state index in [1.54, 1.807) is 6.92 Å². The van der Waals surface area contributed by atoms with Crippen LogP contribution in [0.25, 0.3) is 0 Å². The maximum atomic E-state index is 12.4. The van der Waals surface area contributed by atoms with Gasteiger partial charge < -0.3 is 32.5 Å². The second-order valence-electron chi connectivity index (χ2n) is 7.06. The molecule has 10 nitrogen and oxygen atoms in total. The molecule has 0 aliphatic carbocycles. The van der Waals surface area contributed by atoms with Crippen LogP contribution in [0.3, 0.4) is 0 Å². The highest BCUT2D eigenvalue weighted by molar-refractivity contribution is 5.93. The van der Waals surface area contributed by atoms with E-state index in [1.807, 2.05) is 6.92 Å². The van der Waals surface area contributed by atoms with Gasteiger partial charge in [0.2, 0.25) is 17.7 Å². The number of carbonyl (C=O) groups excluding carboxylic acids is 3. The van der Waals surface area contributed by atoms with Gasteiger partial charge in [-0.15, -0.1) is 0 Å². The van der Waals surface area contributed by atoms with Crippen molar-refractivity contribution in [2.45, 2.75) is 77.5 Å². The summed E-state index contributed by atoms with van der Waals surface area (Å²) in [5.74, 6) is -3.00. The van der Waals surface area contributed by atoms with Gasteiger partial charge in [-0.3, -0.25) is 19.2 Å². The van der Waals surface area contributed by atoms with Crippen molar-refractivity contribution in [3.05, 3.63) is 0 Å². The van der Waals surface area contributed by atoms with Gasteiger partial charge in [0, 0.05) is 0 Å². The van der Waals surface area contributed by atoms with Crippen LogP contribution in [0.2, 0.25) is 0 Å². The topological polar surface area (TPSA) is 177 Å². The second kappa shape index (κ2) is 13.1. The van der Waals surface area contributed by atoms with Gasteiger partial charge in [-0.1, -0.05) is 26.7 Å². The first-order valence-electron chi connectivity index (χ1n) is 9.64. The van der Waals surface area contributed by atoms with E-state index in [-0.39, 0.29) is 5.92 Å². The van der Waals surface area contributed by atoms with E-state index in [0.29, 0.717) is 25.8 Å². The Morgan fingerprint density at radius 2 is 1.46 bits per heavy atom. The fourth-order valence-electron chi connectivity index (χ4n) is 2.37. The minimum Gasteiger partial charge on any atom is -0.480 e. The molecule has 0 rings (SSSR count). The van der Waals surface area contributed by atoms with Crippen molar-refractivity contribution in [1.82, 2.24) is 16.0 Å². The monoisotopic (exact) mass is 401 g/mol. The molecule has 0 aliphatic rings. The molecule has 0 aromatic carbocycles. The Labute approximate surface area is 166 Å². The number of aliphatic carboxylic acids is 1. The summed E-state index contributed by atoms with van der Waals surface area (Å²) in [5, 5.41) is 16.4. The number of carboxylic acid groups (broad SMARTS) is 1. The highest BCUT2D eigenvalue weighted by Gasteiger charge is 2.30. The summed E-state index contributed by atoms with van der Waals surface area (Å²) in [6.07, 6.45) is 2.52. The van der Waals surface area contributed by atoms with Gasteiger partial charge in [-0.05, 0) is 39.2 Å². The Bertz CT molecular complexity index is 542. The summed E-state index contributed by atoms with van der Waals surface area (Å²) in [6.45, 7) is 6.97. The third-order valence-electron chi connectivity index (χ3n) is 4.58. The number of carbonyl (C=O) groups is 4. The second-order valence-corrected chi connectivity index (χ2v) is 7.06. The molecule has 5 unspecified atom stereocenters. The molecule has 28 heavy (non-hydrogen) atoms. The van der Waals surface area contributed by atoms with Gasteiger partial charge in [0.1, 0.15) is 18.1 Å². The van der Waals surface area contributed by atoms with Crippen LogP contribution in [0.1, 0.15) is 53.4 Å². The average molecular weight is 402 g/mol. The van der Waals surface area contributed by atoms with E-state index in [2.05, 4.69) is 16.0 Å². The van der Waals surface area contributed by atoms with E-state index >= 15 is 0 Å². The zero-order valence-electron chi connectivity index (χ0n) is 17.2. The number of nitrogens with one attached hydrogen (secondary N) is 3. The molecule has 0 aromatic rings. The van der Waals surface area contributed by atoms with Crippen LogP contribution in [0.4, 0.5) is 0 Å². The standard InChI is InChI=1S/C18H35N5O5/c1-5-10(2)14(17(26)22-12(4)18(27)28)23-15(24)11(3)21-16(25)13(20)8-6-7-9-19/h10-14H,5-9,19-20H2,1-4H3,(H,21,25)(H,22,26)(H,23,24)(H,27,28). The minimum atomic E-state index is -1.17. The molecule has 0 saturated carbocycles. The molecule has 0 heterocycles. The summed E-state index contributed by atoms with van der Waals surface area (Å²) < 4.78 is 0. The van der Waals surface area contributed by atoms with Gasteiger partial charge in [-0.25, -0.2) is 0 Å². The number of nitrogens with two attached hydrogens (primary N) is 2. The molecule has 0 fully saturated rings. The Morgan fingerprint density at radius 3 is 1.96 bits per heavy atom. The number of rotatable bonds is 13. The molecule has 0 radical (unpaired) electrons. The molecule has 162 valence electrons. The van der Waals surface area contributed by atoms with Gasteiger partial charge >= 0.3 is 5.97 Å². The first-order chi connectivity index (χ1) is 13.0. The predicted octanol–water partition coefficient (Wildman–Crippen LogP) is -0.932. The van der Waals surface area contributed by atoms with Gasteiger partial charge in [0.05, 0.1) is 6.04 Å². The van der Waals surface area contributed by atoms with Crippen LogP contribution in [0.15, 0.2) is 0 Å². The lowest BCUT2D eigenvalue weighted by Crippen LogP contribution is -2.57. The maximum absolute atomic E-state index is 12.4. The van der Waals surface area contributed by atoms with E-state index in [1.165, 1.54) is 13.8 Å². The molecule has 0 bridgehead atoms. The van der Waals surface area contributed by atoms with Crippen LogP contribution in [0.5, 0.6) is 0 Å². The van der Waals surface area contributed by atoms with E-state index in [0.717, 1.165) is 6.42 Å². The number of hydrogen-bond donors (Lipinski definition) is 6. The smallest absolute Gasteiger partial charge is 0.325 e. The number of hydrogen-bond acceptors (Lipinski definition) is 6. The van der Waals surface area contributed by atoms with Crippen molar-refractivity contribution in [2.75, 3.05) is 6.54 Å². The number of amides is 3.